The highest BCUT2D eigenvalue weighted by Crippen LogP contribution is 2.32. The number of hydrogen-bond acceptors (Lipinski definition) is 5. The van der Waals surface area contributed by atoms with E-state index in [0.29, 0.717) is 11.5 Å². The lowest BCUT2D eigenvalue weighted by molar-refractivity contribution is 0.102. The molecule has 0 spiro atoms. The highest BCUT2D eigenvalue weighted by atomic mass is 16.1. The SMILES string of the molecule is CN1CCN(Cc2ccc(C(=O)Nc3ccc(CC4CNc5ncccc54)cc3)cc2)CC1. The summed E-state index contributed by atoms with van der Waals surface area (Å²) in [7, 11) is 2.17. The molecule has 0 radical (unpaired) electrons. The molecule has 6 heteroatoms. The molecule has 1 unspecified atom stereocenters. The van der Waals surface area contributed by atoms with Crippen LogP contribution >= 0.6 is 0 Å². The number of aromatic nitrogens is 1. The summed E-state index contributed by atoms with van der Waals surface area (Å²) in [6.07, 6.45) is 2.78. The topological polar surface area (TPSA) is 60.5 Å². The predicted octanol–water partition coefficient (Wildman–Crippen LogP) is 3.83. The number of rotatable bonds is 6. The standard InChI is InChI=1S/C27H31N5O/c1-31-13-15-32(16-14-31)19-21-4-8-22(9-5-21)27(33)30-24-10-6-20(7-11-24)17-23-18-29-26-25(23)3-2-12-28-26/h2-12,23H,13-19H2,1H3,(H,28,29)(H,30,33). The van der Waals surface area contributed by atoms with Crippen LogP contribution in [0.25, 0.3) is 0 Å². The zero-order valence-electron chi connectivity index (χ0n) is 19.1. The van der Waals surface area contributed by atoms with E-state index in [1.807, 2.05) is 36.5 Å². The van der Waals surface area contributed by atoms with E-state index < -0.39 is 0 Å². The van der Waals surface area contributed by atoms with Crippen molar-refractivity contribution in [1.82, 2.24) is 14.8 Å². The second-order valence-corrected chi connectivity index (χ2v) is 9.15. The van der Waals surface area contributed by atoms with Crippen LogP contribution in [-0.4, -0.2) is 60.5 Å². The quantitative estimate of drug-likeness (QED) is 0.609. The average molecular weight is 442 g/mol. The van der Waals surface area contributed by atoms with Gasteiger partial charge in [0.1, 0.15) is 5.82 Å². The molecule has 1 aromatic heterocycles. The summed E-state index contributed by atoms with van der Waals surface area (Å²) in [6, 6.07) is 20.3. The molecule has 170 valence electrons. The van der Waals surface area contributed by atoms with Gasteiger partial charge < -0.3 is 15.5 Å². The molecule has 3 heterocycles. The van der Waals surface area contributed by atoms with E-state index in [4.69, 9.17) is 0 Å². The van der Waals surface area contributed by atoms with Gasteiger partial charge in [0.15, 0.2) is 0 Å². The molecule has 0 saturated carbocycles. The smallest absolute Gasteiger partial charge is 0.255 e. The van der Waals surface area contributed by atoms with Gasteiger partial charge in [-0.3, -0.25) is 9.69 Å². The molecule has 0 bridgehead atoms. The number of nitrogens with zero attached hydrogens (tertiary/aromatic N) is 3. The number of likely N-dealkylation sites (N-methyl/N-ethyl adjacent to an activating group) is 1. The highest BCUT2D eigenvalue weighted by molar-refractivity contribution is 6.04. The van der Waals surface area contributed by atoms with Crippen LogP contribution in [0.5, 0.6) is 0 Å². The number of anilines is 2. The molecule has 6 nitrogen and oxygen atoms in total. The number of piperazine rings is 1. The summed E-state index contributed by atoms with van der Waals surface area (Å²) in [5.41, 5.74) is 5.29. The normalized spacial score (nSPS) is 18.5. The van der Waals surface area contributed by atoms with Crippen molar-refractivity contribution in [2.45, 2.75) is 18.9 Å². The summed E-state index contributed by atoms with van der Waals surface area (Å²) in [6.45, 7) is 6.26. The molecule has 0 aliphatic carbocycles. The number of hydrogen-bond donors (Lipinski definition) is 2. The van der Waals surface area contributed by atoms with Crippen LogP contribution in [-0.2, 0) is 13.0 Å². The molecular weight excluding hydrogens is 410 g/mol. The monoisotopic (exact) mass is 441 g/mol. The van der Waals surface area contributed by atoms with Gasteiger partial charge in [0.2, 0.25) is 0 Å². The largest absolute Gasteiger partial charge is 0.369 e. The Balaban J connectivity index is 1.15. The third kappa shape index (κ3) is 5.24. The van der Waals surface area contributed by atoms with E-state index in [9.17, 15) is 4.79 Å². The number of nitrogens with one attached hydrogen (secondary N) is 2. The van der Waals surface area contributed by atoms with Gasteiger partial charge in [0.05, 0.1) is 0 Å². The van der Waals surface area contributed by atoms with Gasteiger partial charge in [-0.2, -0.15) is 0 Å². The Bertz CT molecular complexity index is 1090. The fraction of sp³-hybridized carbons (Fsp3) is 0.333. The van der Waals surface area contributed by atoms with Crippen molar-refractivity contribution < 1.29 is 4.79 Å². The van der Waals surface area contributed by atoms with Gasteiger partial charge in [-0.05, 0) is 60.5 Å². The number of carbonyl (C=O) groups excluding carboxylic acids is 1. The summed E-state index contributed by atoms with van der Waals surface area (Å²) in [5, 5.41) is 6.41. The lowest BCUT2D eigenvalue weighted by atomic mass is 9.95. The molecule has 1 amide bonds. The van der Waals surface area contributed by atoms with E-state index >= 15 is 0 Å². The predicted molar refractivity (Wildman–Crippen MR) is 133 cm³/mol. The first-order chi connectivity index (χ1) is 16.1. The maximum atomic E-state index is 12.7. The third-order valence-corrected chi connectivity index (χ3v) is 6.71. The minimum absolute atomic E-state index is 0.0751. The van der Waals surface area contributed by atoms with E-state index in [0.717, 1.165) is 57.2 Å². The second-order valence-electron chi connectivity index (χ2n) is 9.15. The van der Waals surface area contributed by atoms with Crippen molar-refractivity contribution in [3.05, 3.63) is 89.1 Å². The van der Waals surface area contributed by atoms with Gasteiger partial charge in [-0.1, -0.05) is 30.3 Å². The number of pyridine rings is 1. The summed E-state index contributed by atoms with van der Waals surface area (Å²) in [5.74, 6) is 1.35. The highest BCUT2D eigenvalue weighted by Gasteiger charge is 2.22. The van der Waals surface area contributed by atoms with Crippen LogP contribution in [0.15, 0.2) is 66.9 Å². The van der Waals surface area contributed by atoms with E-state index in [1.165, 1.54) is 16.7 Å². The summed E-state index contributed by atoms with van der Waals surface area (Å²) < 4.78 is 0. The van der Waals surface area contributed by atoms with Crippen molar-refractivity contribution in [2.75, 3.05) is 50.4 Å². The fourth-order valence-corrected chi connectivity index (χ4v) is 4.64. The number of carbonyl (C=O) groups is 1. The Morgan fingerprint density at radius 2 is 1.73 bits per heavy atom. The van der Waals surface area contributed by atoms with Gasteiger partial charge in [0, 0.05) is 62.6 Å². The van der Waals surface area contributed by atoms with Crippen molar-refractivity contribution >= 4 is 17.4 Å². The number of fused-ring (bicyclic) bond motifs is 1. The molecule has 5 rings (SSSR count). The van der Waals surface area contributed by atoms with Crippen LogP contribution in [0.4, 0.5) is 11.5 Å². The average Bonchev–Trinajstić information content (AvgIpc) is 3.25. The summed E-state index contributed by atoms with van der Waals surface area (Å²) in [4.78, 5) is 21.9. The molecule has 1 atom stereocenters. The van der Waals surface area contributed by atoms with Gasteiger partial charge in [0.25, 0.3) is 5.91 Å². The summed E-state index contributed by atoms with van der Waals surface area (Å²) >= 11 is 0. The van der Waals surface area contributed by atoms with Crippen LogP contribution < -0.4 is 10.6 Å². The Labute approximate surface area is 195 Å². The van der Waals surface area contributed by atoms with Gasteiger partial charge in [-0.15, -0.1) is 0 Å². The zero-order valence-corrected chi connectivity index (χ0v) is 19.1. The van der Waals surface area contributed by atoms with Crippen molar-refractivity contribution in [3.63, 3.8) is 0 Å². The Morgan fingerprint density at radius 1 is 1.00 bits per heavy atom. The Kier molecular flexibility index (Phi) is 6.37. The molecular formula is C27H31N5O. The molecule has 1 saturated heterocycles. The third-order valence-electron chi connectivity index (χ3n) is 6.71. The van der Waals surface area contributed by atoms with Crippen LogP contribution in [0, 0.1) is 0 Å². The Morgan fingerprint density at radius 3 is 2.48 bits per heavy atom. The minimum atomic E-state index is -0.0751. The molecule has 2 aliphatic rings. The Hall–Kier alpha value is -3.22. The van der Waals surface area contributed by atoms with E-state index in [2.05, 4.69) is 62.8 Å². The van der Waals surface area contributed by atoms with Crippen LogP contribution in [0.3, 0.4) is 0 Å². The molecule has 2 aromatic carbocycles. The first kappa shape index (κ1) is 21.6. The van der Waals surface area contributed by atoms with Crippen molar-refractivity contribution in [1.29, 1.82) is 0 Å². The van der Waals surface area contributed by atoms with E-state index in [-0.39, 0.29) is 5.91 Å². The fourth-order valence-electron chi connectivity index (χ4n) is 4.64. The first-order valence-corrected chi connectivity index (χ1v) is 11.7. The molecule has 3 aromatic rings. The number of benzene rings is 2. The molecule has 2 aliphatic heterocycles. The molecule has 33 heavy (non-hydrogen) atoms. The van der Waals surface area contributed by atoms with Gasteiger partial charge in [-0.25, -0.2) is 4.98 Å². The maximum absolute atomic E-state index is 12.7. The number of amides is 1. The van der Waals surface area contributed by atoms with Gasteiger partial charge >= 0.3 is 0 Å². The lowest BCUT2D eigenvalue weighted by Crippen LogP contribution is -2.43. The van der Waals surface area contributed by atoms with Crippen molar-refractivity contribution in [3.8, 4) is 0 Å². The van der Waals surface area contributed by atoms with Crippen molar-refractivity contribution in [2.24, 2.45) is 0 Å². The van der Waals surface area contributed by atoms with Crippen LogP contribution in [0.1, 0.15) is 33.0 Å². The zero-order chi connectivity index (χ0) is 22.6. The second kappa shape index (κ2) is 9.73. The molecule has 1 fully saturated rings. The van der Waals surface area contributed by atoms with E-state index in [1.54, 1.807) is 0 Å². The minimum Gasteiger partial charge on any atom is -0.369 e. The first-order valence-electron chi connectivity index (χ1n) is 11.7. The van der Waals surface area contributed by atoms with Crippen LogP contribution in [0.2, 0.25) is 0 Å². The lowest BCUT2D eigenvalue weighted by Gasteiger charge is -2.32. The molecule has 2 N–H and O–H groups in total. The maximum Gasteiger partial charge on any atom is 0.255 e.